The van der Waals surface area contributed by atoms with Gasteiger partial charge in [-0.15, -0.1) is 0 Å². The van der Waals surface area contributed by atoms with Gasteiger partial charge in [-0.2, -0.15) is 8.78 Å². The Balaban J connectivity index is 1.24. The Hall–Kier alpha value is -4.04. The summed E-state index contributed by atoms with van der Waals surface area (Å²) < 4.78 is 107. The first-order valence-electron chi connectivity index (χ1n) is 11.6. The number of piperidine rings is 1. The zero-order valence-electron chi connectivity index (χ0n) is 19.9. The Bertz CT molecular complexity index is 1340. The molecule has 2 amide bonds. The number of rotatable bonds is 6. The molecule has 1 unspecified atom stereocenters. The molecule has 2 aliphatic heterocycles. The van der Waals surface area contributed by atoms with E-state index < -0.39 is 88.1 Å². The molecule has 1 aliphatic carbocycles. The number of carbonyl (C=O) groups is 3. The molecule has 39 heavy (non-hydrogen) atoms. The van der Waals surface area contributed by atoms with Gasteiger partial charge in [0.1, 0.15) is 11.8 Å². The third kappa shape index (κ3) is 4.59. The van der Waals surface area contributed by atoms with Gasteiger partial charge >= 0.3 is 12.1 Å². The maximum atomic E-state index is 15.0. The SMILES string of the molecule is CC(=O)NC[C@H]1CN(c2cc(F)c(N3C[C@@H]4C(C(=O)Oc5c(F)c(F)c(F)c(F)c5F)[C@@H]4C3)c(F)c2)C(=O)O1. The number of halogens is 7. The number of esters is 1. The lowest BCUT2D eigenvalue weighted by molar-refractivity contribution is -0.137. The molecule has 5 rings (SSSR count). The fourth-order valence-electron chi connectivity index (χ4n) is 5.01. The number of nitrogens with one attached hydrogen (secondary N) is 1. The highest BCUT2D eigenvalue weighted by molar-refractivity contribution is 5.90. The van der Waals surface area contributed by atoms with E-state index in [1.807, 2.05) is 0 Å². The minimum Gasteiger partial charge on any atom is -0.442 e. The normalized spacial score (nSPS) is 23.5. The van der Waals surface area contributed by atoms with Crippen LogP contribution in [0, 0.1) is 58.5 Å². The van der Waals surface area contributed by atoms with Crippen molar-refractivity contribution >= 4 is 29.3 Å². The fraction of sp³-hybridized carbons (Fsp3) is 0.375. The van der Waals surface area contributed by atoms with Gasteiger partial charge in [0, 0.05) is 32.1 Å². The van der Waals surface area contributed by atoms with Crippen LogP contribution in [0.15, 0.2) is 12.1 Å². The minimum absolute atomic E-state index is 0.0189. The van der Waals surface area contributed by atoms with Crippen molar-refractivity contribution in [2.75, 3.05) is 36.0 Å². The van der Waals surface area contributed by atoms with E-state index >= 15 is 0 Å². The van der Waals surface area contributed by atoms with Crippen LogP contribution in [0.25, 0.3) is 0 Å². The van der Waals surface area contributed by atoms with Crippen molar-refractivity contribution in [2.45, 2.75) is 13.0 Å². The van der Waals surface area contributed by atoms with E-state index in [1.165, 1.54) is 11.8 Å². The molecule has 2 aromatic rings. The van der Waals surface area contributed by atoms with Crippen LogP contribution in [0.1, 0.15) is 6.92 Å². The topological polar surface area (TPSA) is 88.2 Å². The van der Waals surface area contributed by atoms with Gasteiger partial charge in [0.2, 0.25) is 40.7 Å². The van der Waals surface area contributed by atoms with Gasteiger partial charge in [-0.1, -0.05) is 0 Å². The molecule has 3 aliphatic rings. The number of cyclic esters (lactones) is 1. The fourth-order valence-corrected chi connectivity index (χ4v) is 5.01. The maximum Gasteiger partial charge on any atom is 0.414 e. The van der Waals surface area contributed by atoms with Gasteiger partial charge in [-0.25, -0.2) is 26.7 Å². The van der Waals surface area contributed by atoms with Crippen molar-refractivity contribution in [3.05, 3.63) is 52.9 Å². The number of hydrogen-bond donors (Lipinski definition) is 1. The molecule has 0 aromatic heterocycles. The van der Waals surface area contributed by atoms with Gasteiger partial charge in [0.05, 0.1) is 24.7 Å². The molecular weight excluding hydrogens is 543 g/mol. The molecule has 1 N–H and O–H groups in total. The number of nitrogens with zero attached hydrogens (tertiary/aromatic N) is 2. The summed E-state index contributed by atoms with van der Waals surface area (Å²) in [6, 6.07) is 1.86. The summed E-state index contributed by atoms with van der Waals surface area (Å²) in [5.41, 5.74) is -0.544. The molecule has 3 fully saturated rings. The summed E-state index contributed by atoms with van der Waals surface area (Å²) in [5.74, 6) is -18.9. The van der Waals surface area contributed by atoms with Crippen molar-refractivity contribution in [2.24, 2.45) is 17.8 Å². The first-order chi connectivity index (χ1) is 18.4. The number of fused-ring (bicyclic) bond motifs is 1. The quantitative estimate of drug-likeness (QED) is 0.191. The molecule has 8 nitrogen and oxygen atoms in total. The number of hydrogen-bond acceptors (Lipinski definition) is 6. The van der Waals surface area contributed by atoms with E-state index in [9.17, 15) is 45.1 Å². The molecule has 2 aromatic carbocycles. The second kappa shape index (κ2) is 9.61. The van der Waals surface area contributed by atoms with Crippen LogP contribution < -0.4 is 19.9 Å². The summed E-state index contributed by atoms with van der Waals surface area (Å²) in [6.07, 6.45) is -1.58. The van der Waals surface area contributed by atoms with Gasteiger partial charge in [-0.3, -0.25) is 14.5 Å². The standard InChI is InChI=1S/C24H18F7N3O5/c1-8(35)32-4-10-5-34(24(37)38-10)9-2-13(25)21(14(26)3-9)33-6-11-12(7-33)15(11)23(36)39-22-19(30)17(28)16(27)18(29)20(22)31/h2-3,10-12,15H,4-7H2,1H3,(H,32,35)/t10-,11-,12+,15?/m0/s1. The molecule has 2 saturated heterocycles. The first-order valence-corrected chi connectivity index (χ1v) is 11.6. The van der Waals surface area contributed by atoms with Gasteiger partial charge in [-0.05, 0) is 11.8 Å². The first kappa shape index (κ1) is 26.6. The lowest BCUT2D eigenvalue weighted by Crippen LogP contribution is -2.33. The molecule has 4 atom stereocenters. The Labute approximate surface area is 215 Å². The van der Waals surface area contributed by atoms with Gasteiger partial charge < -0.3 is 19.7 Å². The van der Waals surface area contributed by atoms with Crippen LogP contribution >= 0.6 is 0 Å². The van der Waals surface area contributed by atoms with Crippen molar-refractivity contribution in [3.63, 3.8) is 0 Å². The monoisotopic (exact) mass is 561 g/mol. The highest BCUT2D eigenvalue weighted by atomic mass is 19.2. The molecule has 0 bridgehead atoms. The highest BCUT2D eigenvalue weighted by Crippen LogP contribution is 2.54. The van der Waals surface area contributed by atoms with Gasteiger partial charge in [0.15, 0.2) is 11.6 Å². The van der Waals surface area contributed by atoms with E-state index in [2.05, 4.69) is 10.1 Å². The second-order valence-corrected chi connectivity index (χ2v) is 9.39. The summed E-state index contributed by atoms with van der Waals surface area (Å²) in [7, 11) is 0. The zero-order valence-corrected chi connectivity index (χ0v) is 19.9. The van der Waals surface area contributed by atoms with Crippen LogP contribution in [0.5, 0.6) is 5.75 Å². The molecule has 2 heterocycles. The van der Waals surface area contributed by atoms with E-state index in [-0.39, 0.29) is 37.8 Å². The van der Waals surface area contributed by atoms with E-state index in [4.69, 9.17) is 4.74 Å². The third-order valence-electron chi connectivity index (χ3n) is 6.92. The predicted octanol–water partition coefficient (Wildman–Crippen LogP) is 3.41. The summed E-state index contributed by atoms with van der Waals surface area (Å²) in [4.78, 5) is 37.9. The zero-order chi connectivity index (χ0) is 28.3. The smallest absolute Gasteiger partial charge is 0.414 e. The van der Waals surface area contributed by atoms with Crippen LogP contribution in [-0.4, -0.2) is 50.3 Å². The third-order valence-corrected chi connectivity index (χ3v) is 6.92. The number of benzene rings is 2. The average Bonchev–Trinajstić information content (AvgIpc) is 3.18. The average molecular weight is 561 g/mol. The summed E-state index contributed by atoms with van der Waals surface area (Å²) >= 11 is 0. The summed E-state index contributed by atoms with van der Waals surface area (Å²) in [6.45, 7) is 1.13. The van der Waals surface area contributed by atoms with Crippen LogP contribution in [0.4, 0.5) is 46.9 Å². The van der Waals surface area contributed by atoms with Crippen molar-refractivity contribution in [3.8, 4) is 5.75 Å². The number of anilines is 2. The minimum atomic E-state index is -2.40. The number of ether oxygens (including phenoxy) is 2. The lowest BCUT2D eigenvalue weighted by Gasteiger charge is -2.24. The maximum absolute atomic E-state index is 15.0. The number of carbonyl (C=O) groups excluding carboxylic acids is 3. The lowest BCUT2D eigenvalue weighted by atomic mass is 10.2. The van der Waals surface area contributed by atoms with E-state index in [0.717, 1.165) is 17.0 Å². The van der Waals surface area contributed by atoms with E-state index in [1.54, 1.807) is 0 Å². The largest absolute Gasteiger partial charge is 0.442 e. The van der Waals surface area contributed by atoms with Crippen molar-refractivity contribution < 1.29 is 54.6 Å². The van der Waals surface area contributed by atoms with Crippen LogP contribution in [0.3, 0.4) is 0 Å². The number of amides is 2. The Morgan fingerprint density at radius 1 is 0.923 bits per heavy atom. The summed E-state index contributed by atoms with van der Waals surface area (Å²) in [5, 5.41) is 2.48. The molecule has 1 saturated carbocycles. The highest BCUT2D eigenvalue weighted by Gasteiger charge is 2.61. The molecule has 15 heteroatoms. The Morgan fingerprint density at radius 3 is 2.00 bits per heavy atom. The molecule has 0 radical (unpaired) electrons. The van der Waals surface area contributed by atoms with E-state index in [0.29, 0.717) is 0 Å². The van der Waals surface area contributed by atoms with Gasteiger partial charge in [0.25, 0.3) is 0 Å². The Kier molecular flexibility index (Phi) is 6.55. The molecule has 0 spiro atoms. The van der Waals surface area contributed by atoms with Crippen molar-refractivity contribution in [1.29, 1.82) is 0 Å². The van der Waals surface area contributed by atoms with Crippen molar-refractivity contribution in [1.82, 2.24) is 5.32 Å². The van der Waals surface area contributed by atoms with Crippen LogP contribution in [0.2, 0.25) is 0 Å². The molecule has 208 valence electrons. The Morgan fingerprint density at radius 2 is 1.46 bits per heavy atom. The molecular formula is C24H18F7N3O5. The van der Waals surface area contributed by atoms with Crippen LogP contribution in [-0.2, 0) is 14.3 Å². The predicted molar refractivity (Wildman–Crippen MR) is 117 cm³/mol. The second-order valence-electron chi connectivity index (χ2n) is 9.39.